The number of carbonyl (C=O) groups is 3. The SMILES string of the molecule is CC(C)CN(C(=O)c1cnc(C(C)(C)C)nc1NCc1ccco1)C1CC(C(N)=O)CN(C(=O)OC(C)(C)C)C1. The Balaban J connectivity index is 1.99. The van der Waals surface area contributed by atoms with E-state index in [4.69, 9.17) is 19.9 Å². The Hall–Kier alpha value is -3.63. The van der Waals surface area contributed by atoms with E-state index in [0.717, 1.165) is 0 Å². The largest absolute Gasteiger partial charge is 0.467 e. The lowest BCUT2D eigenvalue weighted by Gasteiger charge is -2.42. The Morgan fingerprint density at radius 3 is 2.45 bits per heavy atom. The minimum Gasteiger partial charge on any atom is -0.467 e. The fourth-order valence-corrected chi connectivity index (χ4v) is 4.54. The second kappa shape index (κ2) is 12.3. The van der Waals surface area contributed by atoms with Crippen molar-refractivity contribution in [1.82, 2.24) is 19.8 Å². The summed E-state index contributed by atoms with van der Waals surface area (Å²) < 4.78 is 11.0. The average molecular weight is 557 g/mol. The Morgan fingerprint density at radius 1 is 1.20 bits per heavy atom. The van der Waals surface area contributed by atoms with Crippen molar-refractivity contribution in [2.24, 2.45) is 17.6 Å². The Kier molecular flexibility index (Phi) is 9.48. The summed E-state index contributed by atoms with van der Waals surface area (Å²) in [5, 5.41) is 3.25. The maximum atomic E-state index is 14.2. The molecular weight excluding hydrogens is 512 g/mol. The van der Waals surface area contributed by atoms with Gasteiger partial charge in [-0.25, -0.2) is 14.8 Å². The number of ether oxygens (including phenoxy) is 1. The number of anilines is 1. The van der Waals surface area contributed by atoms with Gasteiger partial charge in [0.2, 0.25) is 5.91 Å². The fraction of sp³-hybridized carbons (Fsp3) is 0.621. The van der Waals surface area contributed by atoms with Crippen LogP contribution in [0.1, 0.15) is 83.8 Å². The van der Waals surface area contributed by atoms with Crippen molar-refractivity contribution in [2.45, 2.75) is 85.4 Å². The zero-order valence-corrected chi connectivity index (χ0v) is 25.0. The molecule has 11 heteroatoms. The first-order valence-corrected chi connectivity index (χ1v) is 13.8. The van der Waals surface area contributed by atoms with Crippen molar-refractivity contribution in [3.05, 3.63) is 41.7 Å². The summed E-state index contributed by atoms with van der Waals surface area (Å²) in [5.41, 5.74) is 4.96. The minimum atomic E-state index is -0.708. The number of hydrogen-bond acceptors (Lipinski definition) is 8. The van der Waals surface area contributed by atoms with Gasteiger partial charge in [-0.2, -0.15) is 0 Å². The van der Waals surface area contributed by atoms with Crippen molar-refractivity contribution in [1.29, 1.82) is 0 Å². The first kappa shape index (κ1) is 30.9. The topological polar surface area (TPSA) is 144 Å². The van der Waals surface area contributed by atoms with E-state index in [-0.39, 0.29) is 30.3 Å². The van der Waals surface area contributed by atoms with E-state index >= 15 is 0 Å². The Bertz CT molecular complexity index is 1180. The van der Waals surface area contributed by atoms with E-state index in [0.29, 0.717) is 42.5 Å². The molecule has 1 aliphatic rings. The van der Waals surface area contributed by atoms with Gasteiger partial charge in [-0.05, 0) is 45.2 Å². The third-order valence-corrected chi connectivity index (χ3v) is 6.45. The van der Waals surface area contributed by atoms with E-state index in [2.05, 4.69) is 10.3 Å². The molecule has 3 N–H and O–H groups in total. The van der Waals surface area contributed by atoms with Gasteiger partial charge in [0.15, 0.2) is 0 Å². The van der Waals surface area contributed by atoms with Crippen molar-refractivity contribution >= 4 is 23.7 Å². The van der Waals surface area contributed by atoms with Crippen molar-refractivity contribution in [3.63, 3.8) is 0 Å². The van der Waals surface area contributed by atoms with Crippen LogP contribution in [0.4, 0.5) is 10.6 Å². The molecular formula is C29H44N6O5. The van der Waals surface area contributed by atoms with E-state index in [1.54, 1.807) is 44.2 Å². The third-order valence-electron chi connectivity index (χ3n) is 6.45. The average Bonchev–Trinajstić information content (AvgIpc) is 3.37. The van der Waals surface area contributed by atoms with Gasteiger partial charge >= 0.3 is 6.09 Å². The van der Waals surface area contributed by atoms with Crippen LogP contribution in [0.15, 0.2) is 29.0 Å². The molecule has 3 heterocycles. The molecule has 0 aliphatic carbocycles. The molecule has 0 radical (unpaired) electrons. The summed E-state index contributed by atoms with van der Waals surface area (Å²) in [6, 6.07) is 3.17. The maximum Gasteiger partial charge on any atom is 0.410 e. The van der Waals surface area contributed by atoms with E-state index in [1.165, 1.54) is 4.90 Å². The van der Waals surface area contributed by atoms with Crippen LogP contribution in [0, 0.1) is 11.8 Å². The van der Waals surface area contributed by atoms with Crippen LogP contribution >= 0.6 is 0 Å². The molecule has 2 aromatic rings. The molecule has 40 heavy (non-hydrogen) atoms. The number of piperidine rings is 1. The van der Waals surface area contributed by atoms with Crippen LogP contribution in [0.2, 0.25) is 0 Å². The minimum absolute atomic E-state index is 0.113. The number of aromatic nitrogens is 2. The lowest BCUT2D eigenvalue weighted by atomic mass is 9.91. The number of nitrogens with two attached hydrogens (primary N) is 1. The second-order valence-corrected chi connectivity index (χ2v) is 12.9. The highest BCUT2D eigenvalue weighted by molar-refractivity contribution is 5.98. The summed E-state index contributed by atoms with van der Waals surface area (Å²) in [5.74, 6) is 0.347. The van der Waals surface area contributed by atoms with Crippen LogP contribution in [0.3, 0.4) is 0 Å². The highest BCUT2D eigenvalue weighted by Gasteiger charge is 2.39. The summed E-state index contributed by atoms with van der Waals surface area (Å²) in [6.45, 7) is 16.5. The molecule has 2 unspecified atom stereocenters. The molecule has 1 fully saturated rings. The molecule has 0 aromatic carbocycles. The van der Waals surface area contributed by atoms with Crippen LogP contribution in [0.25, 0.3) is 0 Å². The number of nitrogens with one attached hydrogen (secondary N) is 1. The van der Waals surface area contributed by atoms with Crippen molar-refractivity contribution in [2.75, 3.05) is 25.0 Å². The number of carbonyl (C=O) groups excluding carboxylic acids is 3. The Labute approximate surface area is 236 Å². The van der Waals surface area contributed by atoms with Gasteiger partial charge < -0.3 is 30.0 Å². The van der Waals surface area contributed by atoms with Gasteiger partial charge in [-0.1, -0.05) is 34.6 Å². The van der Waals surface area contributed by atoms with Crippen LogP contribution in [0.5, 0.6) is 0 Å². The van der Waals surface area contributed by atoms with E-state index in [9.17, 15) is 14.4 Å². The second-order valence-electron chi connectivity index (χ2n) is 12.9. The number of rotatable bonds is 8. The molecule has 2 aromatic heterocycles. The first-order valence-electron chi connectivity index (χ1n) is 13.8. The summed E-state index contributed by atoms with van der Waals surface area (Å²) in [4.78, 5) is 52.0. The van der Waals surface area contributed by atoms with Gasteiger partial charge in [0, 0.05) is 31.2 Å². The number of amides is 3. The van der Waals surface area contributed by atoms with Gasteiger partial charge in [-0.15, -0.1) is 0 Å². The molecule has 0 saturated carbocycles. The van der Waals surface area contributed by atoms with Crippen molar-refractivity contribution in [3.8, 4) is 0 Å². The number of hydrogen-bond donors (Lipinski definition) is 2. The van der Waals surface area contributed by atoms with Crippen LogP contribution < -0.4 is 11.1 Å². The molecule has 1 saturated heterocycles. The molecule has 3 amide bonds. The number of likely N-dealkylation sites (tertiary alicyclic amines) is 1. The molecule has 1 aliphatic heterocycles. The van der Waals surface area contributed by atoms with E-state index in [1.807, 2.05) is 40.7 Å². The predicted molar refractivity (Wildman–Crippen MR) is 152 cm³/mol. The van der Waals surface area contributed by atoms with E-state index < -0.39 is 29.6 Å². The standard InChI is InChI=1S/C29H44N6O5/c1-18(2)15-35(20-12-19(23(30)36)16-34(17-20)27(38)40-29(6,7)8)25(37)22-14-32-26(28(3,4)5)33-24(22)31-13-21-10-9-11-39-21/h9-11,14,18-20H,12-13,15-17H2,1-8H3,(H2,30,36)(H,31,32,33). The van der Waals surface area contributed by atoms with Crippen molar-refractivity contribution < 1.29 is 23.5 Å². The highest BCUT2D eigenvalue weighted by atomic mass is 16.6. The van der Waals surface area contributed by atoms with Crippen LogP contribution in [-0.4, -0.2) is 69.0 Å². The molecule has 0 bridgehead atoms. The van der Waals surface area contributed by atoms with Gasteiger partial charge in [0.1, 0.15) is 28.6 Å². The van der Waals surface area contributed by atoms with Gasteiger partial charge in [0.25, 0.3) is 5.91 Å². The number of nitrogens with zero attached hydrogens (tertiary/aromatic N) is 4. The quantitative estimate of drug-likeness (QED) is 0.493. The smallest absolute Gasteiger partial charge is 0.410 e. The van der Waals surface area contributed by atoms with Gasteiger partial charge in [0.05, 0.1) is 24.8 Å². The van der Waals surface area contributed by atoms with Gasteiger partial charge in [-0.3, -0.25) is 9.59 Å². The van der Waals surface area contributed by atoms with Crippen LogP contribution in [-0.2, 0) is 21.5 Å². The summed E-state index contributed by atoms with van der Waals surface area (Å²) in [6.07, 6.45) is 2.93. The molecule has 2 atom stereocenters. The lowest BCUT2D eigenvalue weighted by Crippen LogP contribution is -2.57. The normalized spacial score (nSPS) is 18.0. The number of furan rings is 1. The zero-order chi connectivity index (χ0) is 29.8. The monoisotopic (exact) mass is 556 g/mol. The number of primary amides is 1. The lowest BCUT2D eigenvalue weighted by molar-refractivity contribution is -0.124. The molecule has 11 nitrogen and oxygen atoms in total. The first-order chi connectivity index (χ1) is 18.5. The molecule has 3 rings (SSSR count). The summed E-state index contributed by atoms with van der Waals surface area (Å²) >= 11 is 0. The highest BCUT2D eigenvalue weighted by Crippen LogP contribution is 2.28. The predicted octanol–water partition coefficient (Wildman–Crippen LogP) is 4.19. The summed E-state index contributed by atoms with van der Waals surface area (Å²) in [7, 11) is 0. The molecule has 0 spiro atoms. The third kappa shape index (κ3) is 8.19. The fourth-order valence-electron chi connectivity index (χ4n) is 4.54. The maximum absolute atomic E-state index is 14.2. The Morgan fingerprint density at radius 2 is 1.90 bits per heavy atom. The zero-order valence-electron chi connectivity index (χ0n) is 25.0. The molecule has 220 valence electrons.